The molecule has 1 aliphatic rings. The van der Waals surface area contributed by atoms with Crippen LogP contribution < -0.4 is 10.2 Å². The molecule has 1 amide bonds. The normalized spacial score (nSPS) is 16.8. The third-order valence-electron chi connectivity index (χ3n) is 5.09. The summed E-state index contributed by atoms with van der Waals surface area (Å²) in [7, 11) is 0. The van der Waals surface area contributed by atoms with Gasteiger partial charge in [-0.25, -0.2) is 9.67 Å². The second kappa shape index (κ2) is 7.59. The van der Waals surface area contributed by atoms with Gasteiger partial charge < -0.3 is 10.2 Å². The quantitative estimate of drug-likeness (QED) is 0.561. The maximum atomic E-state index is 12.8. The van der Waals surface area contributed by atoms with Gasteiger partial charge in [-0.05, 0) is 59.7 Å². The maximum Gasteiger partial charge on any atom is 0.229 e. The molecule has 0 unspecified atom stereocenters. The summed E-state index contributed by atoms with van der Waals surface area (Å²) in [5.41, 5.74) is 2.62. The minimum atomic E-state index is -0.0602. The van der Waals surface area contributed by atoms with Gasteiger partial charge >= 0.3 is 0 Å². The summed E-state index contributed by atoms with van der Waals surface area (Å²) in [5, 5.41) is 15.2. The molecule has 1 aliphatic heterocycles. The Labute approximate surface area is 171 Å². The Morgan fingerprint density at radius 1 is 1.14 bits per heavy atom. The van der Waals surface area contributed by atoms with Gasteiger partial charge in [0.05, 0.1) is 21.8 Å². The van der Waals surface area contributed by atoms with Gasteiger partial charge in [0.25, 0.3) is 0 Å². The molecule has 146 valence electrons. The number of carbonyl (C=O) groups is 1. The Morgan fingerprint density at radius 3 is 2.79 bits per heavy atom. The molecular weight excluding hydrogens is 386 g/mol. The van der Waals surface area contributed by atoms with E-state index in [1.807, 2.05) is 42.5 Å². The van der Waals surface area contributed by atoms with Crippen molar-refractivity contribution in [1.82, 2.24) is 25.2 Å². The zero-order valence-corrected chi connectivity index (χ0v) is 16.4. The van der Waals surface area contributed by atoms with E-state index in [1.54, 1.807) is 16.0 Å². The van der Waals surface area contributed by atoms with E-state index < -0.39 is 0 Å². The molecule has 0 aliphatic carbocycles. The fourth-order valence-electron chi connectivity index (χ4n) is 3.58. The number of tetrazole rings is 1. The molecule has 0 bridgehead atoms. The molecule has 2 aromatic carbocycles. The van der Waals surface area contributed by atoms with Gasteiger partial charge in [0.1, 0.15) is 6.33 Å². The topological polar surface area (TPSA) is 88.8 Å². The highest BCUT2D eigenvalue weighted by molar-refractivity contribution is 7.22. The number of rotatable bonds is 4. The van der Waals surface area contributed by atoms with Crippen LogP contribution in [0.3, 0.4) is 0 Å². The van der Waals surface area contributed by atoms with Crippen molar-refractivity contribution in [3.63, 3.8) is 0 Å². The van der Waals surface area contributed by atoms with Crippen molar-refractivity contribution in [2.24, 2.45) is 5.92 Å². The number of para-hydroxylation sites is 1. The highest BCUT2D eigenvalue weighted by Gasteiger charge is 2.27. The second-order valence-electron chi connectivity index (χ2n) is 7.04. The van der Waals surface area contributed by atoms with Crippen molar-refractivity contribution >= 4 is 38.3 Å². The van der Waals surface area contributed by atoms with Crippen LogP contribution in [0.2, 0.25) is 0 Å². The van der Waals surface area contributed by atoms with Crippen LogP contribution in [0.1, 0.15) is 12.8 Å². The van der Waals surface area contributed by atoms with Crippen LogP contribution in [0.4, 0.5) is 10.8 Å². The van der Waals surface area contributed by atoms with E-state index in [0.717, 1.165) is 41.4 Å². The van der Waals surface area contributed by atoms with Gasteiger partial charge in [-0.1, -0.05) is 23.5 Å². The largest absolute Gasteiger partial charge is 0.347 e. The minimum Gasteiger partial charge on any atom is -0.347 e. The second-order valence-corrected chi connectivity index (χ2v) is 8.05. The number of benzene rings is 2. The molecule has 2 aromatic heterocycles. The van der Waals surface area contributed by atoms with Crippen molar-refractivity contribution in [2.75, 3.05) is 23.3 Å². The molecule has 3 heterocycles. The Hall–Kier alpha value is -3.33. The van der Waals surface area contributed by atoms with Crippen molar-refractivity contribution in [3.8, 4) is 5.69 Å². The number of fused-ring (bicyclic) bond motifs is 1. The highest BCUT2D eigenvalue weighted by Crippen LogP contribution is 2.31. The molecule has 4 aromatic rings. The first-order valence-corrected chi connectivity index (χ1v) is 10.3. The molecule has 5 rings (SSSR count). The number of anilines is 2. The van der Waals surface area contributed by atoms with Crippen LogP contribution in [0.15, 0.2) is 54.9 Å². The molecule has 29 heavy (non-hydrogen) atoms. The van der Waals surface area contributed by atoms with Crippen LogP contribution in [0.25, 0.3) is 15.9 Å². The molecular formula is C20H19N7OS. The Balaban J connectivity index is 1.26. The number of nitrogens with one attached hydrogen (secondary N) is 1. The van der Waals surface area contributed by atoms with Crippen molar-refractivity contribution in [3.05, 3.63) is 54.9 Å². The molecule has 0 spiro atoms. The number of hydrogen-bond acceptors (Lipinski definition) is 7. The maximum absolute atomic E-state index is 12.8. The summed E-state index contributed by atoms with van der Waals surface area (Å²) in [6.45, 7) is 1.62. The number of amides is 1. The zero-order valence-electron chi connectivity index (χ0n) is 15.6. The van der Waals surface area contributed by atoms with Crippen molar-refractivity contribution in [2.45, 2.75) is 12.8 Å². The molecule has 9 heteroatoms. The van der Waals surface area contributed by atoms with E-state index in [4.69, 9.17) is 4.98 Å². The molecule has 8 nitrogen and oxygen atoms in total. The number of thiazole rings is 1. The number of aromatic nitrogens is 5. The van der Waals surface area contributed by atoms with Crippen LogP contribution in [-0.2, 0) is 4.79 Å². The molecule has 0 saturated carbocycles. The fraction of sp³-hybridized carbons (Fsp3) is 0.250. The Kier molecular flexibility index (Phi) is 4.65. The van der Waals surface area contributed by atoms with E-state index in [0.29, 0.717) is 6.54 Å². The smallest absolute Gasteiger partial charge is 0.229 e. The molecule has 0 radical (unpaired) electrons. The average Bonchev–Trinajstić information content (AvgIpc) is 3.44. The van der Waals surface area contributed by atoms with E-state index in [-0.39, 0.29) is 11.8 Å². The van der Waals surface area contributed by atoms with Gasteiger partial charge in [-0.2, -0.15) is 0 Å². The van der Waals surface area contributed by atoms with Crippen LogP contribution in [-0.4, -0.2) is 44.2 Å². The SMILES string of the molecule is O=C(Nc1ccc(-n2cnnn2)cc1)[C@@H]1CCCN(c2nc3ccccc3s2)C1. The van der Waals surface area contributed by atoms with E-state index in [1.165, 1.54) is 11.0 Å². The zero-order chi connectivity index (χ0) is 19.6. The number of nitrogens with zero attached hydrogens (tertiary/aromatic N) is 6. The first-order valence-electron chi connectivity index (χ1n) is 9.51. The highest BCUT2D eigenvalue weighted by atomic mass is 32.1. The average molecular weight is 405 g/mol. The first kappa shape index (κ1) is 17.7. The standard InChI is InChI=1S/C20H19N7OS/c28-19(22-15-7-9-16(10-8-15)27-13-21-24-25-27)14-4-3-11-26(12-14)20-23-17-5-1-2-6-18(17)29-20/h1-2,5-10,13-14H,3-4,11-12H2,(H,22,28)/t14-/m1/s1. The van der Waals surface area contributed by atoms with E-state index in [9.17, 15) is 4.79 Å². The Bertz CT molecular complexity index is 1090. The van der Waals surface area contributed by atoms with Crippen LogP contribution >= 0.6 is 11.3 Å². The summed E-state index contributed by atoms with van der Waals surface area (Å²) in [4.78, 5) is 19.8. The monoisotopic (exact) mass is 405 g/mol. The predicted molar refractivity (Wildman–Crippen MR) is 112 cm³/mol. The molecule has 1 atom stereocenters. The summed E-state index contributed by atoms with van der Waals surface area (Å²) < 4.78 is 2.75. The third-order valence-corrected chi connectivity index (χ3v) is 6.19. The van der Waals surface area contributed by atoms with E-state index in [2.05, 4.69) is 31.8 Å². The van der Waals surface area contributed by atoms with Gasteiger partial charge in [-0.3, -0.25) is 4.79 Å². The summed E-state index contributed by atoms with van der Waals surface area (Å²) in [6, 6.07) is 15.6. The fourth-order valence-corrected chi connectivity index (χ4v) is 4.58. The summed E-state index contributed by atoms with van der Waals surface area (Å²) in [6.07, 6.45) is 3.40. The van der Waals surface area contributed by atoms with Gasteiger partial charge in [-0.15, -0.1) is 5.10 Å². The molecule has 1 fully saturated rings. The lowest BCUT2D eigenvalue weighted by atomic mass is 9.97. The van der Waals surface area contributed by atoms with Crippen molar-refractivity contribution < 1.29 is 4.79 Å². The Morgan fingerprint density at radius 2 is 2.00 bits per heavy atom. The number of carbonyl (C=O) groups excluding carboxylic acids is 1. The minimum absolute atomic E-state index is 0.0472. The third kappa shape index (κ3) is 3.68. The van der Waals surface area contributed by atoms with Gasteiger partial charge in [0.15, 0.2) is 5.13 Å². The molecule has 1 saturated heterocycles. The van der Waals surface area contributed by atoms with Crippen molar-refractivity contribution in [1.29, 1.82) is 0 Å². The van der Waals surface area contributed by atoms with Crippen LogP contribution in [0.5, 0.6) is 0 Å². The van der Waals surface area contributed by atoms with Crippen LogP contribution in [0, 0.1) is 5.92 Å². The summed E-state index contributed by atoms with van der Waals surface area (Å²) >= 11 is 1.69. The van der Waals surface area contributed by atoms with Gasteiger partial charge in [0, 0.05) is 18.8 Å². The van der Waals surface area contributed by atoms with E-state index >= 15 is 0 Å². The predicted octanol–water partition coefficient (Wildman–Crippen LogP) is 3.13. The lowest BCUT2D eigenvalue weighted by Gasteiger charge is -2.31. The number of piperidine rings is 1. The molecule has 1 N–H and O–H groups in total. The lowest BCUT2D eigenvalue weighted by molar-refractivity contribution is -0.120. The summed E-state index contributed by atoms with van der Waals surface area (Å²) in [5.74, 6) is -0.0130. The van der Waals surface area contributed by atoms with Gasteiger partial charge in [0.2, 0.25) is 5.91 Å². The first-order chi connectivity index (χ1) is 14.3. The number of hydrogen-bond donors (Lipinski definition) is 1. The lowest BCUT2D eigenvalue weighted by Crippen LogP contribution is -2.40.